The Morgan fingerprint density at radius 1 is 1.50 bits per heavy atom. The Morgan fingerprint density at radius 3 is 2.75 bits per heavy atom. The maximum atomic E-state index is 12.8. The third kappa shape index (κ3) is 3.53. The number of rotatable bonds is 5. The van der Waals surface area contributed by atoms with E-state index in [1.165, 1.54) is 12.3 Å². The maximum Gasteiger partial charge on any atom is 0.157 e. The first-order valence-electron chi connectivity index (χ1n) is 4.97. The average molecular weight is 246 g/mol. The van der Waals surface area contributed by atoms with Gasteiger partial charge in [-0.15, -0.1) is 0 Å². The largest absolute Gasteiger partial charge is 0.330 e. The molecule has 0 amide bonds. The number of aromatic nitrogens is 1. The van der Waals surface area contributed by atoms with Crippen LogP contribution in [-0.2, 0) is 15.6 Å². The molecule has 16 heavy (non-hydrogen) atoms. The van der Waals surface area contributed by atoms with Gasteiger partial charge in [0.25, 0.3) is 0 Å². The molecule has 2 N–H and O–H groups in total. The van der Waals surface area contributed by atoms with Crippen LogP contribution < -0.4 is 5.73 Å². The molecule has 0 aliphatic carbocycles. The van der Waals surface area contributed by atoms with Gasteiger partial charge in [-0.25, -0.2) is 12.8 Å². The number of hydrogen-bond acceptors (Lipinski definition) is 4. The van der Waals surface area contributed by atoms with Gasteiger partial charge in [0.15, 0.2) is 9.84 Å². The van der Waals surface area contributed by atoms with Crippen molar-refractivity contribution in [3.05, 3.63) is 29.8 Å². The standard InChI is InChI=1S/C10H15FN2O2S/c1-8(2-3-12)16(14,15)7-9-4-10(11)6-13-5-9/h4-6,8H,2-3,7,12H2,1H3. The van der Waals surface area contributed by atoms with Crippen molar-refractivity contribution >= 4 is 9.84 Å². The summed E-state index contributed by atoms with van der Waals surface area (Å²) in [4.78, 5) is 3.61. The summed E-state index contributed by atoms with van der Waals surface area (Å²) in [7, 11) is -3.28. The Balaban J connectivity index is 2.80. The molecule has 1 atom stereocenters. The SMILES string of the molecule is CC(CCN)S(=O)(=O)Cc1cncc(F)c1. The minimum Gasteiger partial charge on any atom is -0.330 e. The normalized spacial score (nSPS) is 13.7. The Bertz CT molecular complexity index is 448. The van der Waals surface area contributed by atoms with Crippen LogP contribution in [0, 0.1) is 5.82 Å². The Kier molecular flexibility index (Phi) is 4.37. The van der Waals surface area contributed by atoms with E-state index in [0.717, 1.165) is 6.20 Å². The molecule has 0 aliphatic rings. The molecule has 0 fully saturated rings. The second-order valence-corrected chi connectivity index (χ2v) is 6.13. The number of nitrogens with two attached hydrogens (primary N) is 1. The van der Waals surface area contributed by atoms with Crippen LogP contribution in [0.25, 0.3) is 0 Å². The summed E-state index contributed by atoms with van der Waals surface area (Å²) in [5.41, 5.74) is 5.67. The van der Waals surface area contributed by atoms with Gasteiger partial charge in [-0.3, -0.25) is 4.98 Å². The Labute approximate surface area is 94.6 Å². The highest BCUT2D eigenvalue weighted by atomic mass is 32.2. The topological polar surface area (TPSA) is 73.1 Å². The monoisotopic (exact) mass is 246 g/mol. The van der Waals surface area contributed by atoms with Gasteiger partial charge in [-0.05, 0) is 31.5 Å². The Morgan fingerprint density at radius 2 is 2.19 bits per heavy atom. The van der Waals surface area contributed by atoms with Crippen molar-refractivity contribution < 1.29 is 12.8 Å². The zero-order chi connectivity index (χ0) is 12.2. The third-order valence-electron chi connectivity index (χ3n) is 2.32. The van der Waals surface area contributed by atoms with Crippen molar-refractivity contribution in [1.29, 1.82) is 0 Å². The molecule has 4 nitrogen and oxygen atoms in total. The Hall–Kier alpha value is -1.01. The predicted octanol–water partition coefficient (Wildman–Crippen LogP) is 0.873. The molecular formula is C10H15FN2O2S. The molecule has 0 saturated carbocycles. The van der Waals surface area contributed by atoms with Crippen LogP contribution in [0.5, 0.6) is 0 Å². The van der Waals surface area contributed by atoms with E-state index in [-0.39, 0.29) is 5.75 Å². The maximum absolute atomic E-state index is 12.8. The molecule has 90 valence electrons. The number of hydrogen-bond donors (Lipinski definition) is 1. The molecule has 1 rings (SSSR count). The molecule has 0 radical (unpaired) electrons. The highest BCUT2D eigenvalue weighted by Gasteiger charge is 2.20. The fraction of sp³-hybridized carbons (Fsp3) is 0.500. The van der Waals surface area contributed by atoms with Crippen LogP contribution in [-0.4, -0.2) is 25.2 Å². The van der Waals surface area contributed by atoms with Gasteiger partial charge < -0.3 is 5.73 Å². The highest BCUT2D eigenvalue weighted by Crippen LogP contribution is 2.13. The molecule has 0 bridgehead atoms. The van der Waals surface area contributed by atoms with Crippen molar-refractivity contribution in [3.63, 3.8) is 0 Å². The van der Waals surface area contributed by atoms with Gasteiger partial charge in [0.2, 0.25) is 0 Å². The third-order valence-corrected chi connectivity index (χ3v) is 4.51. The van der Waals surface area contributed by atoms with E-state index in [1.54, 1.807) is 6.92 Å². The molecule has 0 spiro atoms. The molecule has 1 heterocycles. The molecule has 0 aliphatic heterocycles. The van der Waals surface area contributed by atoms with Gasteiger partial charge in [-0.2, -0.15) is 0 Å². The molecule has 1 aromatic rings. The van der Waals surface area contributed by atoms with Crippen molar-refractivity contribution in [2.24, 2.45) is 5.73 Å². The summed E-state index contributed by atoms with van der Waals surface area (Å²) in [5, 5.41) is -0.513. The van der Waals surface area contributed by atoms with E-state index < -0.39 is 20.9 Å². The minimum atomic E-state index is -3.28. The molecule has 1 unspecified atom stereocenters. The van der Waals surface area contributed by atoms with Crippen LogP contribution in [0.4, 0.5) is 4.39 Å². The van der Waals surface area contributed by atoms with Crippen LogP contribution in [0.3, 0.4) is 0 Å². The number of sulfone groups is 1. The van der Waals surface area contributed by atoms with E-state index in [1.807, 2.05) is 0 Å². The lowest BCUT2D eigenvalue weighted by molar-refractivity contribution is 0.576. The van der Waals surface area contributed by atoms with Gasteiger partial charge in [0.05, 0.1) is 17.2 Å². The van der Waals surface area contributed by atoms with Crippen LogP contribution in [0.2, 0.25) is 0 Å². The zero-order valence-corrected chi connectivity index (χ0v) is 9.87. The zero-order valence-electron chi connectivity index (χ0n) is 9.06. The van der Waals surface area contributed by atoms with Gasteiger partial charge >= 0.3 is 0 Å². The summed E-state index contributed by atoms with van der Waals surface area (Å²) in [6.07, 6.45) is 2.81. The van der Waals surface area contributed by atoms with Crippen molar-refractivity contribution in [2.75, 3.05) is 6.54 Å². The highest BCUT2D eigenvalue weighted by molar-refractivity contribution is 7.91. The summed E-state index contributed by atoms with van der Waals surface area (Å²) >= 11 is 0. The lowest BCUT2D eigenvalue weighted by atomic mass is 10.3. The summed E-state index contributed by atoms with van der Waals surface area (Å²) < 4.78 is 36.4. The molecule has 0 aromatic carbocycles. The van der Waals surface area contributed by atoms with E-state index in [0.29, 0.717) is 18.5 Å². The van der Waals surface area contributed by atoms with Crippen molar-refractivity contribution in [1.82, 2.24) is 4.98 Å². The van der Waals surface area contributed by atoms with Gasteiger partial charge in [0, 0.05) is 6.20 Å². The average Bonchev–Trinajstić information content (AvgIpc) is 2.17. The first-order chi connectivity index (χ1) is 7.45. The molecule has 1 aromatic heterocycles. The van der Waals surface area contributed by atoms with E-state index in [2.05, 4.69) is 4.98 Å². The van der Waals surface area contributed by atoms with Crippen LogP contribution >= 0.6 is 0 Å². The quantitative estimate of drug-likeness (QED) is 0.836. The predicted molar refractivity (Wildman–Crippen MR) is 60.0 cm³/mol. The van der Waals surface area contributed by atoms with Crippen molar-refractivity contribution in [2.45, 2.75) is 24.3 Å². The summed E-state index contributed by atoms with van der Waals surface area (Å²) in [6.45, 7) is 1.93. The number of halogens is 1. The molecule has 6 heteroatoms. The van der Waals surface area contributed by atoms with Crippen LogP contribution in [0.15, 0.2) is 18.5 Å². The molecule has 0 saturated heterocycles. The summed E-state index contributed by atoms with van der Waals surface area (Å²) in [5.74, 6) is -0.724. The fourth-order valence-corrected chi connectivity index (χ4v) is 2.73. The van der Waals surface area contributed by atoms with E-state index >= 15 is 0 Å². The van der Waals surface area contributed by atoms with E-state index in [9.17, 15) is 12.8 Å². The summed E-state index contributed by atoms with van der Waals surface area (Å²) in [6, 6.07) is 1.18. The smallest absolute Gasteiger partial charge is 0.157 e. The number of nitrogens with zero attached hydrogens (tertiary/aromatic N) is 1. The lowest BCUT2D eigenvalue weighted by Gasteiger charge is -2.11. The van der Waals surface area contributed by atoms with Crippen LogP contribution in [0.1, 0.15) is 18.9 Å². The molecular weight excluding hydrogens is 231 g/mol. The second kappa shape index (κ2) is 5.36. The number of pyridine rings is 1. The minimum absolute atomic E-state index is 0.196. The second-order valence-electron chi connectivity index (χ2n) is 3.71. The van der Waals surface area contributed by atoms with Gasteiger partial charge in [-0.1, -0.05) is 0 Å². The van der Waals surface area contributed by atoms with Crippen molar-refractivity contribution in [3.8, 4) is 0 Å². The first kappa shape index (κ1) is 13.1. The van der Waals surface area contributed by atoms with E-state index in [4.69, 9.17) is 5.73 Å². The van der Waals surface area contributed by atoms with Gasteiger partial charge in [0.1, 0.15) is 5.82 Å². The fourth-order valence-electron chi connectivity index (χ4n) is 1.32. The first-order valence-corrected chi connectivity index (χ1v) is 6.68. The lowest BCUT2D eigenvalue weighted by Crippen LogP contribution is -2.22.